The van der Waals surface area contributed by atoms with Gasteiger partial charge in [-0.05, 0) is 12.8 Å². The van der Waals surface area contributed by atoms with Crippen LogP contribution in [0.4, 0.5) is 9.93 Å². The molecule has 2 N–H and O–H groups in total. The Morgan fingerprint density at radius 1 is 1.38 bits per heavy atom. The third-order valence-corrected chi connectivity index (χ3v) is 4.44. The lowest BCUT2D eigenvalue weighted by Crippen LogP contribution is -2.36. The van der Waals surface area contributed by atoms with Crippen LogP contribution in [0.5, 0.6) is 0 Å². The third-order valence-electron chi connectivity index (χ3n) is 3.80. The van der Waals surface area contributed by atoms with Gasteiger partial charge in [-0.3, -0.25) is 5.32 Å². The van der Waals surface area contributed by atoms with Crippen molar-refractivity contribution in [3.8, 4) is 0 Å². The van der Waals surface area contributed by atoms with Crippen molar-refractivity contribution in [2.45, 2.75) is 24.9 Å². The van der Waals surface area contributed by atoms with Crippen LogP contribution in [-0.4, -0.2) is 47.0 Å². The zero-order valence-corrected chi connectivity index (χ0v) is 12.1. The molecule has 3 heterocycles. The van der Waals surface area contributed by atoms with Crippen LogP contribution < -0.4 is 10.6 Å². The van der Waals surface area contributed by atoms with Crippen LogP contribution in [0.25, 0.3) is 0 Å². The lowest BCUT2D eigenvalue weighted by atomic mass is 10.0. The molecule has 0 bridgehead atoms. The number of fused-ring (bicyclic) bond motifs is 1. The van der Waals surface area contributed by atoms with E-state index in [0.29, 0.717) is 30.8 Å². The molecule has 8 nitrogen and oxygen atoms in total. The number of urea groups is 1. The number of oxime groups is 1. The number of carbonyl (C=O) groups excluding carboxylic acids is 1. The summed E-state index contributed by atoms with van der Waals surface area (Å²) in [4.78, 5) is 21.4. The monoisotopic (exact) mass is 309 g/mol. The number of amides is 2. The summed E-state index contributed by atoms with van der Waals surface area (Å²) < 4.78 is 9.56. The molecule has 1 aliphatic carbocycles. The van der Waals surface area contributed by atoms with Gasteiger partial charge in [-0.2, -0.15) is 4.37 Å². The van der Waals surface area contributed by atoms with E-state index >= 15 is 0 Å². The Kier molecular flexibility index (Phi) is 3.23. The molecule has 1 aromatic rings. The lowest BCUT2D eigenvalue weighted by Gasteiger charge is -2.08. The van der Waals surface area contributed by atoms with E-state index in [2.05, 4.69) is 25.1 Å². The van der Waals surface area contributed by atoms with Gasteiger partial charge in [0.2, 0.25) is 5.13 Å². The van der Waals surface area contributed by atoms with Gasteiger partial charge in [0.05, 0.1) is 31.4 Å². The van der Waals surface area contributed by atoms with Gasteiger partial charge in [0.1, 0.15) is 5.82 Å². The van der Waals surface area contributed by atoms with Gasteiger partial charge in [0, 0.05) is 17.5 Å². The summed E-state index contributed by atoms with van der Waals surface area (Å²) in [6.07, 6.45) is 2.30. The van der Waals surface area contributed by atoms with Gasteiger partial charge in [0.15, 0.2) is 6.10 Å². The van der Waals surface area contributed by atoms with Crippen molar-refractivity contribution >= 4 is 28.4 Å². The first-order chi connectivity index (χ1) is 10.3. The molecule has 0 radical (unpaired) electrons. The number of aromatic nitrogens is 2. The largest absolute Gasteiger partial charge is 0.389 e. The number of hydrogen-bond donors (Lipinski definition) is 2. The Bertz CT molecular complexity index is 585. The first-order valence-electron chi connectivity index (χ1n) is 6.98. The lowest BCUT2D eigenvalue weighted by molar-refractivity contribution is 0.0558. The Morgan fingerprint density at radius 2 is 2.29 bits per heavy atom. The minimum atomic E-state index is -0.307. The predicted octanol–water partition coefficient (Wildman–Crippen LogP) is 0.938. The average Bonchev–Trinajstić information content (AvgIpc) is 2.88. The highest BCUT2D eigenvalue weighted by Gasteiger charge is 2.39. The standard InChI is InChI=1S/C12H15N5O3S/c18-11(15-12-14-10(17-21-12)6-1-2-6)13-3-8-7-4-19-5-9(7)20-16-8/h6-7,9H,1-5H2,(H2,13,14,15,17,18)/t7-,9-/m1/s1. The molecular formula is C12H15N5O3S. The normalized spacial score (nSPS) is 27.0. The number of rotatable bonds is 4. The Balaban J connectivity index is 1.27. The van der Waals surface area contributed by atoms with Crippen LogP contribution in [0.2, 0.25) is 0 Å². The van der Waals surface area contributed by atoms with Gasteiger partial charge < -0.3 is 14.9 Å². The molecule has 0 spiro atoms. The van der Waals surface area contributed by atoms with E-state index in [-0.39, 0.29) is 18.1 Å². The van der Waals surface area contributed by atoms with Crippen LogP contribution in [-0.2, 0) is 9.57 Å². The summed E-state index contributed by atoms with van der Waals surface area (Å²) in [5.41, 5.74) is 0.823. The second-order valence-corrected chi connectivity index (χ2v) is 6.16. The Labute approximate surface area is 125 Å². The fourth-order valence-electron chi connectivity index (χ4n) is 2.42. The zero-order chi connectivity index (χ0) is 14.2. The molecule has 2 fully saturated rings. The topological polar surface area (TPSA) is 97.7 Å². The molecule has 2 amide bonds. The van der Waals surface area contributed by atoms with Crippen LogP contribution >= 0.6 is 11.5 Å². The van der Waals surface area contributed by atoms with E-state index in [0.717, 1.165) is 24.4 Å². The zero-order valence-electron chi connectivity index (χ0n) is 11.2. The Morgan fingerprint density at radius 3 is 3.14 bits per heavy atom. The molecule has 1 aromatic heterocycles. The number of anilines is 1. The van der Waals surface area contributed by atoms with Gasteiger partial charge >= 0.3 is 6.03 Å². The molecule has 3 aliphatic rings. The number of nitrogens with zero attached hydrogens (tertiary/aromatic N) is 3. The molecule has 2 aliphatic heterocycles. The molecule has 112 valence electrons. The summed E-state index contributed by atoms with van der Waals surface area (Å²) in [5.74, 6) is 1.49. The van der Waals surface area contributed by atoms with Crippen molar-refractivity contribution in [3.05, 3.63) is 5.82 Å². The summed E-state index contributed by atoms with van der Waals surface area (Å²) in [5, 5.41) is 9.99. The van der Waals surface area contributed by atoms with Gasteiger partial charge in [-0.15, -0.1) is 0 Å². The summed E-state index contributed by atoms with van der Waals surface area (Å²) >= 11 is 1.21. The smallest absolute Gasteiger partial charge is 0.321 e. The van der Waals surface area contributed by atoms with E-state index in [1.807, 2.05) is 0 Å². The van der Waals surface area contributed by atoms with E-state index in [1.54, 1.807) is 0 Å². The van der Waals surface area contributed by atoms with Crippen molar-refractivity contribution in [3.63, 3.8) is 0 Å². The number of hydrogen-bond acceptors (Lipinski definition) is 7. The van der Waals surface area contributed by atoms with Crippen molar-refractivity contribution in [1.82, 2.24) is 14.7 Å². The molecule has 1 saturated carbocycles. The highest BCUT2D eigenvalue weighted by atomic mass is 32.1. The molecule has 21 heavy (non-hydrogen) atoms. The maximum absolute atomic E-state index is 11.8. The quantitative estimate of drug-likeness (QED) is 0.862. The van der Waals surface area contributed by atoms with Crippen molar-refractivity contribution < 1.29 is 14.4 Å². The van der Waals surface area contributed by atoms with E-state index < -0.39 is 0 Å². The van der Waals surface area contributed by atoms with Crippen LogP contribution in [0.15, 0.2) is 5.16 Å². The van der Waals surface area contributed by atoms with Gasteiger partial charge in [-0.25, -0.2) is 9.78 Å². The number of carbonyl (C=O) groups is 1. The van der Waals surface area contributed by atoms with Crippen LogP contribution in [0.1, 0.15) is 24.6 Å². The van der Waals surface area contributed by atoms with Crippen molar-refractivity contribution in [1.29, 1.82) is 0 Å². The van der Waals surface area contributed by atoms with E-state index in [9.17, 15) is 4.79 Å². The second kappa shape index (κ2) is 5.23. The second-order valence-electron chi connectivity index (χ2n) is 5.41. The SMILES string of the molecule is O=C(NCC1=NO[C@@H]2COC[C@H]12)Nc1nc(C2CC2)ns1. The predicted molar refractivity (Wildman–Crippen MR) is 75.5 cm³/mol. The highest BCUT2D eigenvalue weighted by Crippen LogP contribution is 2.39. The summed E-state index contributed by atoms with van der Waals surface area (Å²) in [6.45, 7) is 1.52. The molecular weight excluding hydrogens is 294 g/mol. The minimum absolute atomic E-state index is 0.00845. The first kappa shape index (κ1) is 13.0. The fourth-order valence-corrected chi connectivity index (χ4v) is 3.06. The van der Waals surface area contributed by atoms with Crippen molar-refractivity contribution in [2.24, 2.45) is 11.1 Å². The molecule has 4 rings (SSSR count). The third kappa shape index (κ3) is 2.70. The molecule has 1 saturated heterocycles. The maximum Gasteiger partial charge on any atom is 0.321 e. The molecule has 2 atom stereocenters. The number of ether oxygens (including phenoxy) is 1. The van der Waals surface area contributed by atoms with Gasteiger partial charge in [-0.1, -0.05) is 5.16 Å². The molecule has 0 unspecified atom stereocenters. The number of nitrogens with one attached hydrogen (secondary N) is 2. The van der Waals surface area contributed by atoms with E-state index in [1.165, 1.54) is 11.5 Å². The Hall–Kier alpha value is -1.74. The van der Waals surface area contributed by atoms with Crippen LogP contribution in [0.3, 0.4) is 0 Å². The minimum Gasteiger partial charge on any atom is -0.389 e. The maximum atomic E-state index is 11.8. The van der Waals surface area contributed by atoms with E-state index in [4.69, 9.17) is 9.57 Å². The first-order valence-corrected chi connectivity index (χ1v) is 7.76. The van der Waals surface area contributed by atoms with Crippen molar-refractivity contribution in [2.75, 3.05) is 25.1 Å². The summed E-state index contributed by atoms with van der Waals surface area (Å²) in [7, 11) is 0. The molecule has 0 aromatic carbocycles. The average molecular weight is 309 g/mol. The van der Waals surface area contributed by atoms with Crippen LogP contribution in [0, 0.1) is 5.92 Å². The fraction of sp³-hybridized carbons (Fsp3) is 0.667. The molecule has 9 heteroatoms. The summed E-state index contributed by atoms with van der Waals surface area (Å²) in [6, 6.07) is -0.307. The van der Waals surface area contributed by atoms with Gasteiger partial charge in [0.25, 0.3) is 0 Å². The highest BCUT2D eigenvalue weighted by molar-refractivity contribution is 7.09.